The molecule has 0 fully saturated rings. The van der Waals surface area contributed by atoms with Gasteiger partial charge in [0, 0.05) is 12.1 Å². The molecule has 18 heavy (non-hydrogen) atoms. The second kappa shape index (κ2) is 5.49. The summed E-state index contributed by atoms with van der Waals surface area (Å²) in [5.41, 5.74) is 2.67. The summed E-state index contributed by atoms with van der Waals surface area (Å²) in [7, 11) is 0. The van der Waals surface area contributed by atoms with Gasteiger partial charge in [0.15, 0.2) is 0 Å². The highest BCUT2D eigenvalue weighted by Crippen LogP contribution is 2.21. The second-order valence-electron chi connectivity index (χ2n) is 3.97. The Bertz CT molecular complexity index is 506. The van der Waals surface area contributed by atoms with Gasteiger partial charge in [0.05, 0.1) is 13.0 Å². The monoisotopic (exact) mass is 245 g/mol. The zero-order chi connectivity index (χ0) is 13.0. The van der Waals surface area contributed by atoms with Crippen LogP contribution in [0.2, 0.25) is 0 Å². The number of hydrogen-bond acceptors (Lipinski definition) is 3. The zero-order valence-corrected chi connectivity index (χ0v) is 10.2. The van der Waals surface area contributed by atoms with Crippen LogP contribution in [0.4, 0.5) is 0 Å². The van der Waals surface area contributed by atoms with Gasteiger partial charge in [0.25, 0.3) is 5.91 Å². The number of amides is 1. The van der Waals surface area contributed by atoms with Crippen molar-refractivity contribution in [3.63, 3.8) is 0 Å². The van der Waals surface area contributed by atoms with Crippen LogP contribution in [0.1, 0.15) is 34.8 Å². The Morgan fingerprint density at radius 3 is 3.11 bits per heavy atom. The Morgan fingerprint density at radius 1 is 1.50 bits per heavy atom. The van der Waals surface area contributed by atoms with Crippen LogP contribution < -0.4 is 5.32 Å². The minimum absolute atomic E-state index is 0.0364. The van der Waals surface area contributed by atoms with E-state index in [1.165, 1.54) is 0 Å². The molecule has 2 rings (SSSR count). The summed E-state index contributed by atoms with van der Waals surface area (Å²) in [6, 6.07) is 5.58. The molecule has 1 aromatic rings. The molecule has 0 radical (unpaired) electrons. The average Bonchev–Trinajstić information content (AvgIpc) is 2.73. The first kappa shape index (κ1) is 12.4. The van der Waals surface area contributed by atoms with Crippen LogP contribution in [-0.4, -0.2) is 18.5 Å². The molecule has 0 aromatic heterocycles. The molecule has 0 aliphatic carbocycles. The van der Waals surface area contributed by atoms with Crippen LogP contribution in [0.3, 0.4) is 0 Å². The van der Waals surface area contributed by atoms with Crippen molar-refractivity contribution in [3.8, 4) is 0 Å². The smallest absolute Gasteiger partial charge is 0.309 e. The predicted octanol–water partition coefficient (Wildman–Crippen LogP) is 1.90. The fourth-order valence-electron chi connectivity index (χ4n) is 1.94. The van der Waals surface area contributed by atoms with Gasteiger partial charge in [-0.3, -0.25) is 9.59 Å². The van der Waals surface area contributed by atoms with Gasteiger partial charge in [-0.25, -0.2) is 0 Å². The topological polar surface area (TPSA) is 55.4 Å². The zero-order valence-electron chi connectivity index (χ0n) is 10.2. The lowest BCUT2D eigenvalue weighted by Gasteiger charge is -2.01. The van der Waals surface area contributed by atoms with E-state index in [0.717, 1.165) is 11.1 Å². The van der Waals surface area contributed by atoms with Gasteiger partial charge >= 0.3 is 5.97 Å². The Balaban J connectivity index is 2.09. The van der Waals surface area contributed by atoms with Crippen molar-refractivity contribution in [2.45, 2.75) is 19.9 Å². The number of fused-ring (bicyclic) bond motifs is 1. The minimum atomic E-state index is -0.240. The number of nitrogens with one attached hydrogen (secondary N) is 1. The quantitative estimate of drug-likeness (QED) is 0.824. The number of rotatable bonds is 4. The first-order valence-corrected chi connectivity index (χ1v) is 5.94. The predicted molar refractivity (Wildman–Crippen MR) is 67.9 cm³/mol. The van der Waals surface area contributed by atoms with E-state index in [2.05, 4.69) is 5.32 Å². The van der Waals surface area contributed by atoms with Gasteiger partial charge in [0.2, 0.25) is 0 Å². The molecule has 4 heteroatoms. The van der Waals surface area contributed by atoms with Crippen molar-refractivity contribution in [3.05, 3.63) is 41.0 Å². The summed E-state index contributed by atoms with van der Waals surface area (Å²) in [5, 5.41) is 2.78. The molecule has 1 N–H and O–H groups in total. The van der Waals surface area contributed by atoms with Crippen LogP contribution >= 0.6 is 0 Å². The maximum atomic E-state index is 11.5. The highest BCUT2D eigenvalue weighted by Gasteiger charge is 2.19. The van der Waals surface area contributed by atoms with E-state index in [9.17, 15) is 9.59 Å². The molecule has 0 saturated heterocycles. The number of carbonyl (C=O) groups excluding carboxylic acids is 2. The van der Waals surface area contributed by atoms with Crippen molar-refractivity contribution >= 4 is 18.0 Å². The Morgan fingerprint density at radius 2 is 2.33 bits per heavy atom. The van der Waals surface area contributed by atoms with Crippen LogP contribution in [0.5, 0.6) is 0 Å². The summed E-state index contributed by atoms with van der Waals surface area (Å²) >= 11 is 0. The number of hydrogen-bond donors (Lipinski definition) is 1. The first-order valence-electron chi connectivity index (χ1n) is 5.94. The molecular formula is C14H15NO3. The number of carbonyl (C=O) groups is 2. The number of ether oxygens (including phenoxy) is 1. The van der Waals surface area contributed by atoms with Gasteiger partial charge in [-0.2, -0.15) is 0 Å². The Hall–Kier alpha value is -2.10. The van der Waals surface area contributed by atoms with Crippen LogP contribution in [0.15, 0.2) is 24.3 Å². The molecule has 1 aliphatic rings. The van der Waals surface area contributed by atoms with Crippen molar-refractivity contribution in [2.75, 3.05) is 6.61 Å². The average molecular weight is 245 g/mol. The first-order chi connectivity index (χ1) is 8.72. The van der Waals surface area contributed by atoms with Gasteiger partial charge < -0.3 is 10.1 Å². The van der Waals surface area contributed by atoms with Gasteiger partial charge in [-0.1, -0.05) is 24.3 Å². The molecule has 1 aromatic carbocycles. The fourth-order valence-corrected chi connectivity index (χ4v) is 1.94. The lowest BCUT2D eigenvalue weighted by atomic mass is 10.0. The Labute approximate surface area is 106 Å². The summed E-state index contributed by atoms with van der Waals surface area (Å²) in [4.78, 5) is 22.7. The second-order valence-corrected chi connectivity index (χ2v) is 3.97. The van der Waals surface area contributed by atoms with E-state index in [1.807, 2.05) is 18.2 Å². The molecule has 1 aliphatic heterocycles. The van der Waals surface area contributed by atoms with E-state index in [4.69, 9.17) is 4.74 Å². The minimum Gasteiger partial charge on any atom is -0.466 e. The third-order valence-corrected chi connectivity index (χ3v) is 2.77. The highest BCUT2D eigenvalue weighted by molar-refractivity contribution is 5.99. The van der Waals surface area contributed by atoms with Crippen molar-refractivity contribution < 1.29 is 14.3 Å². The van der Waals surface area contributed by atoms with Crippen LogP contribution in [0, 0.1) is 0 Å². The largest absolute Gasteiger partial charge is 0.466 e. The Kier molecular flexibility index (Phi) is 3.77. The maximum absolute atomic E-state index is 11.5. The van der Waals surface area contributed by atoms with Gasteiger partial charge in [-0.15, -0.1) is 0 Å². The summed E-state index contributed by atoms with van der Waals surface area (Å²) in [5.74, 6) is -0.277. The van der Waals surface area contributed by atoms with Crippen LogP contribution in [-0.2, 0) is 16.1 Å². The molecule has 1 heterocycles. The molecule has 0 bridgehead atoms. The van der Waals surface area contributed by atoms with Gasteiger partial charge in [-0.05, 0) is 24.1 Å². The van der Waals surface area contributed by atoms with Gasteiger partial charge in [0.1, 0.15) is 0 Å². The standard InChI is InChI=1S/C14H15NO3/c1-2-18-13(16)8-4-6-10-5-3-7-11-12(10)9-15-14(11)17/h3-7H,2,8-9H2,1H3,(H,15,17). The van der Waals surface area contributed by atoms with E-state index >= 15 is 0 Å². The molecule has 0 unspecified atom stereocenters. The molecule has 4 nitrogen and oxygen atoms in total. The van der Waals surface area contributed by atoms with E-state index in [-0.39, 0.29) is 18.3 Å². The van der Waals surface area contributed by atoms with Crippen LogP contribution in [0.25, 0.3) is 6.08 Å². The molecular weight excluding hydrogens is 230 g/mol. The molecule has 94 valence electrons. The molecule has 0 saturated carbocycles. The summed E-state index contributed by atoms with van der Waals surface area (Å²) in [6.07, 6.45) is 3.87. The highest BCUT2D eigenvalue weighted by atomic mass is 16.5. The molecule has 1 amide bonds. The van der Waals surface area contributed by atoms with E-state index in [0.29, 0.717) is 18.7 Å². The lowest BCUT2D eigenvalue weighted by molar-refractivity contribution is -0.142. The lowest BCUT2D eigenvalue weighted by Crippen LogP contribution is -2.12. The van der Waals surface area contributed by atoms with Crippen molar-refractivity contribution in [1.82, 2.24) is 5.32 Å². The van der Waals surface area contributed by atoms with Crippen molar-refractivity contribution in [1.29, 1.82) is 0 Å². The summed E-state index contributed by atoms with van der Waals surface area (Å²) < 4.78 is 4.83. The fraction of sp³-hybridized carbons (Fsp3) is 0.286. The number of benzene rings is 1. The third kappa shape index (κ3) is 2.59. The van der Waals surface area contributed by atoms with E-state index in [1.54, 1.807) is 19.1 Å². The van der Waals surface area contributed by atoms with Crippen molar-refractivity contribution in [2.24, 2.45) is 0 Å². The normalized spacial score (nSPS) is 13.5. The molecule has 0 atom stereocenters. The molecule has 0 spiro atoms. The maximum Gasteiger partial charge on any atom is 0.309 e. The number of esters is 1. The summed E-state index contributed by atoms with van der Waals surface area (Å²) in [6.45, 7) is 2.73. The van der Waals surface area contributed by atoms with E-state index < -0.39 is 0 Å². The SMILES string of the molecule is CCOC(=O)CC=Cc1cccc2c1CNC2=O. The third-order valence-electron chi connectivity index (χ3n) is 2.77.